The van der Waals surface area contributed by atoms with Crippen LogP contribution in [0.1, 0.15) is 101 Å². The van der Waals surface area contributed by atoms with Crippen LogP contribution in [0.25, 0.3) is 43.4 Å². The number of phenolic OH excluding ortho intramolecular Hbond substituents is 1. The molecule has 2 bridgehead atoms. The number of aliphatic hydroxyl groups excluding tert-OH is 1. The Balaban J connectivity index is 0.674. The van der Waals surface area contributed by atoms with E-state index in [2.05, 4.69) is 49.4 Å². The van der Waals surface area contributed by atoms with Gasteiger partial charge in [-0.3, -0.25) is 19.5 Å². The first-order valence-electron chi connectivity index (χ1n) is 28.8. The Morgan fingerprint density at radius 3 is 2.44 bits per heavy atom. The third kappa shape index (κ3) is 11.0. The number of aromatic hydroxyl groups is 1. The van der Waals surface area contributed by atoms with E-state index in [1.807, 2.05) is 81.7 Å². The number of aryl methyl sites for hydroxylation is 2. The van der Waals surface area contributed by atoms with Crippen molar-refractivity contribution in [1.29, 1.82) is 0 Å². The smallest absolute Gasteiger partial charge is 0.319 e. The zero-order chi connectivity index (χ0) is 56.2. The maximum atomic E-state index is 17.2. The molecule has 5 fully saturated rings. The number of nitrogens with zero attached hydrogens (tertiary/aromatic N) is 9. The number of carbonyl (C=O) groups is 2. The van der Waals surface area contributed by atoms with Gasteiger partial charge in [0.25, 0.3) is 0 Å². The molecule has 4 aromatic heterocycles. The van der Waals surface area contributed by atoms with Crippen molar-refractivity contribution in [3.05, 3.63) is 101 Å². The first-order chi connectivity index (χ1) is 39.2. The van der Waals surface area contributed by atoms with Gasteiger partial charge < -0.3 is 49.5 Å². The van der Waals surface area contributed by atoms with Gasteiger partial charge >= 0.3 is 6.01 Å². The Labute approximate surface area is 475 Å². The maximum absolute atomic E-state index is 17.2. The highest BCUT2D eigenvalue weighted by atomic mass is 32.1. The van der Waals surface area contributed by atoms with Crippen molar-refractivity contribution in [2.45, 2.75) is 134 Å². The molecule has 5 aliphatic rings. The highest BCUT2D eigenvalue weighted by molar-refractivity contribution is 7.13. The van der Waals surface area contributed by atoms with Crippen molar-refractivity contribution >= 4 is 56.5 Å². The molecule has 8 atom stereocenters. The number of amides is 2. The Hall–Kier alpha value is -6.84. The summed E-state index contributed by atoms with van der Waals surface area (Å²) in [5.41, 5.74) is 6.58. The van der Waals surface area contributed by atoms with Crippen LogP contribution in [0.5, 0.6) is 11.8 Å². The zero-order valence-electron chi connectivity index (χ0n) is 46.8. The van der Waals surface area contributed by atoms with E-state index in [0.29, 0.717) is 53.5 Å². The number of β-amino-alcohol motifs (C(OH)–C–C–N with tert-alkyl or cyclic N) is 1. The molecule has 7 aromatic rings. The van der Waals surface area contributed by atoms with Crippen molar-refractivity contribution in [1.82, 2.24) is 45.5 Å². The summed E-state index contributed by atoms with van der Waals surface area (Å²) < 4.78 is 36.4. The number of likely N-dealkylation sites (tertiary alicyclic amines) is 2. The average Bonchev–Trinajstić information content (AvgIpc) is 4.41. The van der Waals surface area contributed by atoms with Gasteiger partial charge in [0.15, 0.2) is 17.4 Å². The molecule has 5 aliphatic heterocycles. The first-order valence-corrected chi connectivity index (χ1v) is 29.7. The number of piperazine rings is 1. The van der Waals surface area contributed by atoms with E-state index in [-0.39, 0.29) is 84.6 Å². The molecule has 2 unspecified atom stereocenters. The van der Waals surface area contributed by atoms with Crippen LogP contribution in [0.4, 0.5) is 16.0 Å². The summed E-state index contributed by atoms with van der Waals surface area (Å²) in [5, 5.41) is 35.1. The van der Waals surface area contributed by atoms with Crippen molar-refractivity contribution in [3.8, 4) is 33.5 Å². The molecule has 3 aromatic carbocycles. The number of nitrogens with one attached hydrogen (secondary N) is 2. The van der Waals surface area contributed by atoms with Crippen LogP contribution in [-0.4, -0.2) is 152 Å². The molecule has 0 radical (unpaired) electrons. The largest absolute Gasteiger partial charge is 0.508 e. The van der Waals surface area contributed by atoms with E-state index >= 15 is 4.39 Å². The van der Waals surface area contributed by atoms with Gasteiger partial charge in [-0.2, -0.15) is 9.97 Å². The first kappa shape index (κ1) is 54.7. The third-order valence-corrected chi connectivity index (χ3v) is 18.4. The summed E-state index contributed by atoms with van der Waals surface area (Å²) in [4.78, 5) is 56.4. The number of likely N-dealkylation sites (N-methyl/N-ethyl adjacent to an activating group) is 1. The van der Waals surface area contributed by atoms with Crippen LogP contribution >= 0.6 is 11.3 Å². The van der Waals surface area contributed by atoms with Crippen LogP contribution in [0.15, 0.2) is 76.9 Å². The number of rotatable bonds is 16. The molecule has 12 rings (SSSR count). The van der Waals surface area contributed by atoms with Gasteiger partial charge in [0.2, 0.25) is 11.8 Å². The summed E-state index contributed by atoms with van der Waals surface area (Å²) in [5.74, 6) is -0.352. The number of aromatic nitrogens is 5. The third-order valence-electron chi connectivity index (χ3n) is 17.4. The highest BCUT2D eigenvalue weighted by Crippen LogP contribution is 2.40. The topological polar surface area (TPSA) is 208 Å². The number of benzene rings is 3. The quantitative estimate of drug-likeness (QED) is 0.0717. The molecule has 0 aliphatic carbocycles. The molecule has 426 valence electrons. The van der Waals surface area contributed by atoms with Crippen molar-refractivity contribution in [2.75, 3.05) is 62.7 Å². The maximum Gasteiger partial charge on any atom is 0.319 e. The summed E-state index contributed by atoms with van der Waals surface area (Å²) in [7, 11) is 2.07. The predicted molar refractivity (Wildman–Crippen MR) is 309 cm³/mol. The normalized spacial score (nSPS) is 23.3. The van der Waals surface area contributed by atoms with Crippen LogP contribution in [0.2, 0.25) is 0 Å². The summed E-state index contributed by atoms with van der Waals surface area (Å²) in [6, 6.07) is 18.6. The summed E-state index contributed by atoms with van der Waals surface area (Å²) in [6.07, 6.45) is 6.13. The van der Waals surface area contributed by atoms with E-state index in [0.717, 1.165) is 96.2 Å². The van der Waals surface area contributed by atoms with Crippen LogP contribution in [0, 0.1) is 18.7 Å². The fourth-order valence-electron chi connectivity index (χ4n) is 13.1. The van der Waals surface area contributed by atoms with Crippen molar-refractivity contribution in [2.24, 2.45) is 5.92 Å². The highest BCUT2D eigenvalue weighted by Gasteiger charge is 2.44. The van der Waals surface area contributed by atoms with Crippen molar-refractivity contribution in [3.63, 3.8) is 0 Å². The molecular weight excluding hydrogens is 1050 g/mol. The fraction of sp³-hybridized carbons (Fsp3) is 0.492. The number of phenols is 1. The molecule has 18 nitrogen and oxygen atoms in total. The second kappa shape index (κ2) is 22.8. The average molecular weight is 1120 g/mol. The second-order valence-electron chi connectivity index (χ2n) is 23.3. The number of halogens is 1. The Morgan fingerprint density at radius 1 is 0.938 bits per heavy atom. The van der Waals surface area contributed by atoms with Gasteiger partial charge in [-0.25, -0.2) is 9.37 Å². The number of fused-ring (bicyclic) bond motifs is 4. The molecule has 0 saturated carbocycles. The SMILES string of the molecule is CCc1cccc2cc(O)cc(-c3ncc4c(N5CC6CCC(C5)N6)nc(OC[C@@H]5C[C@@H](OC6CCN(c7cc([C@H](C(=O)N8C[C@H](O)C[C@H]8C(=O)N[C@@H](C)c8ccc(-c9scnc9C)cc8)C(C)C)on7)CC6)CN5C)nc4c3F)c12. The van der Waals surface area contributed by atoms with E-state index in [4.69, 9.17) is 28.9 Å². The fourth-order valence-corrected chi connectivity index (χ4v) is 13.9. The van der Waals surface area contributed by atoms with Crippen LogP contribution in [0.3, 0.4) is 0 Å². The molecule has 2 amide bonds. The molecule has 20 heteroatoms. The number of hydrogen-bond acceptors (Lipinski definition) is 17. The number of piperidine rings is 1. The van der Waals surface area contributed by atoms with Crippen LogP contribution in [-0.2, 0) is 20.7 Å². The predicted octanol–water partition coefficient (Wildman–Crippen LogP) is 8.33. The molecule has 4 N–H and O–H groups in total. The van der Waals surface area contributed by atoms with Crippen molar-refractivity contribution < 1.29 is 38.2 Å². The molecular formula is C61H72FN11O7S. The number of carbonyl (C=O) groups excluding carboxylic acids is 2. The Bertz CT molecular complexity index is 3430. The number of pyridine rings is 1. The molecule has 9 heterocycles. The second-order valence-corrected chi connectivity index (χ2v) is 24.2. The molecule has 81 heavy (non-hydrogen) atoms. The standard InChI is InChI=1S/C61H72FN11O7S/c1-7-36-9-8-10-39-21-43(74)23-47(53(36)39)55-54(62)56-48(26-63-55)58(72-27-40-15-16-41(28-72)66-40)68-61(67-56)78-31-42-22-46(30-70(42)6)79-45-17-19-71(20-18-45)51-25-50(80-69-51)52(33(2)3)60(77)73-29-44(75)24-49(73)59(76)65-34(4)37-11-13-38(14-12-37)57-35(5)64-32-81-57/h8-14,21,23,25-26,32-34,40-42,44-46,49,52,66,74-75H,7,15-20,22,24,27-31H2,1-6H3,(H,65,76)/t34-,40?,41?,42-,44+,46+,49-,52+/m0/s1. The summed E-state index contributed by atoms with van der Waals surface area (Å²) in [6.45, 7) is 13.7. The van der Waals surface area contributed by atoms with Crippen LogP contribution < -0.4 is 25.2 Å². The minimum atomic E-state index is -0.837. The van der Waals surface area contributed by atoms with Gasteiger partial charge in [-0.05, 0) is 105 Å². The van der Waals surface area contributed by atoms with E-state index in [1.54, 1.807) is 29.7 Å². The lowest BCUT2D eigenvalue weighted by Gasteiger charge is -2.34. The van der Waals surface area contributed by atoms with Gasteiger partial charge in [0.05, 0.1) is 45.8 Å². The zero-order valence-corrected chi connectivity index (χ0v) is 47.7. The summed E-state index contributed by atoms with van der Waals surface area (Å²) >= 11 is 1.59. The lowest BCUT2D eigenvalue weighted by atomic mass is 9.91. The number of aliphatic hydroxyl groups is 1. The van der Waals surface area contributed by atoms with E-state index < -0.39 is 23.9 Å². The lowest BCUT2D eigenvalue weighted by molar-refractivity contribution is -0.141. The minimum absolute atomic E-state index is 0.00153. The molecule has 5 saturated heterocycles. The van der Waals surface area contributed by atoms with Gasteiger partial charge in [0.1, 0.15) is 41.3 Å². The number of hydrogen-bond donors (Lipinski definition) is 4. The van der Waals surface area contributed by atoms with E-state index in [1.165, 1.54) is 4.90 Å². The number of ether oxygens (including phenoxy) is 2. The van der Waals surface area contributed by atoms with E-state index in [9.17, 15) is 19.8 Å². The number of anilines is 2. The lowest BCUT2D eigenvalue weighted by Crippen LogP contribution is -2.51. The monoisotopic (exact) mass is 1120 g/mol. The van der Waals surface area contributed by atoms with Gasteiger partial charge in [0, 0.05) is 81.6 Å². The van der Waals surface area contributed by atoms with Gasteiger partial charge in [-0.1, -0.05) is 68.4 Å². The molecule has 0 spiro atoms. The number of thiazole rings is 1. The minimum Gasteiger partial charge on any atom is -0.508 e. The van der Waals surface area contributed by atoms with Gasteiger partial charge in [-0.15, -0.1) is 11.3 Å². The Morgan fingerprint density at radius 2 is 1.72 bits per heavy atom. The Kier molecular flexibility index (Phi) is 15.4.